The second-order valence-corrected chi connectivity index (χ2v) is 10.5. The minimum absolute atomic E-state index is 0.162. The number of nitrogens with zero attached hydrogens (tertiary/aromatic N) is 2. The fraction of sp³-hybridized carbons (Fsp3) is 0.174. The summed E-state index contributed by atoms with van der Waals surface area (Å²) in [6.45, 7) is 3.68. The second kappa shape index (κ2) is 8.14. The minimum Gasteiger partial charge on any atom is -0.295 e. The number of sulfonamides is 1. The largest absolute Gasteiger partial charge is 0.328 e. The predicted molar refractivity (Wildman–Crippen MR) is 125 cm³/mol. The Hall–Kier alpha value is -3.04. The van der Waals surface area contributed by atoms with E-state index in [-0.39, 0.29) is 16.4 Å². The number of anilines is 1. The molecule has 1 heterocycles. The lowest BCUT2D eigenvalue weighted by Crippen LogP contribution is -2.19. The van der Waals surface area contributed by atoms with Gasteiger partial charge in [-0.15, -0.1) is 0 Å². The zero-order chi connectivity index (χ0) is 23.2. The van der Waals surface area contributed by atoms with E-state index in [1.54, 1.807) is 50.5 Å². The van der Waals surface area contributed by atoms with Crippen LogP contribution in [0.5, 0.6) is 0 Å². The number of fused-ring (bicyclic) bond motifs is 1. The Morgan fingerprint density at radius 2 is 1.44 bits per heavy atom. The van der Waals surface area contributed by atoms with Crippen LogP contribution in [-0.2, 0) is 24.1 Å². The smallest absolute Gasteiger partial charge is 0.295 e. The summed E-state index contributed by atoms with van der Waals surface area (Å²) in [6.07, 6.45) is 0. The van der Waals surface area contributed by atoms with Gasteiger partial charge in [-0.05, 0) is 73.5 Å². The Kier molecular flexibility index (Phi) is 5.64. The number of benzene rings is 3. The van der Waals surface area contributed by atoms with Crippen molar-refractivity contribution >= 4 is 38.5 Å². The summed E-state index contributed by atoms with van der Waals surface area (Å²) < 4.78 is 45.4. The third-order valence-corrected chi connectivity index (χ3v) is 7.58. The highest BCUT2D eigenvalue weighted by Gasteiger charge is 2.20. The van der Waals surface area contributed by atoms with Gasteiger partial charge in [0.05, 0.1) is 21.6 Å². The molecule has 0 bridgehead atoms. The first-order valence-corrected chi connectivity index (χ1v) is 12.1. The third kappa shape index (κ3) is 4.18. The Balaban J connectivity index is 1.86. The molecule has 4 aromatic rings. The molecule has 6 nitrogen and oxygen atoms in total. The quantitative estimate of drug-likeness (QED) is 0.462. The Labute approximate surface area is 189 Å². The Morgan fingerprint density at radius 1 is 0.875 bits per heavy atom. The third-order valence-electron chi connectivity index (χ3n) is 5.16. The first-order chi connectivity index (χ1) is 15.0. The molecule has 0 unspecified atom stereocenters. The fourth-order valence-electron chi connectivity index (χ4n) is 3.61. The summed E-state index contributed by atoms with van der Waals surface area (Å²) in [5.41, 5.74) is 3.06. The second-order valence-electron chi connectivity index (χ2n) is 7.72. The average molecular weight is 472 g/mol. The van der Waals surface area contributed by atoms with Crippen LogP contribution in [-0.4, -0.2) is 17.6 Å². The summed E-state index contributed by atoms with van der Waals surface area (Å²) in [6, 6.07) is 14.5. The van der Waals surface area contributed by atoms with Crippen LogP contribution in [0.3, 0.4) is 0 Å². The summed E-state index contributed by atoms with van der Waals surface area (Å²) in [5.74, 6) is -0.356. The van der Waals surface area contributed by atoms with Crippen LogP contribution >= 0.6 is 11.8 Å². The summed E-state index contributed by atoms with van der Waals surface area (Å²) in [5, 5.41) is 0. The van der Waals surface area contributed by atoms with Crippen molar-refractivity contribution < 1.29 is 12.8 Å². The van der Waals surface area contributed by atoms with E-state index < -0.39 is 10.0 Å². The van der Waals surface area contributed by atoms with E-state index in [2.05, 4.69) is 4.72 Å². The maximum absolute atomic E-state index is 13.3. The Bertz CT molecular complexity index is 1480. The summed E-state index contributed by atoms with van der Waals surface area (Å²) >= 11 is 1.29. The molecule has 0 aliphatic carbocycles. The van der Waals surface area contributed by atoms with E-state index in [4.69, 9.17) is 0 Å². The first kappa shape index (κ1) is 22.2. The molecular weight excluding hydrogens is 449 g/mol. The van der Waals surface area contributed by atoms with Crippen LogP contribution in [0.1, 0.15) is 11.1 Å². The molecule has 4 rings (SSSR count). The van der Waals surface area contributed by atoms with Gasteiger partial charge in [0.2, 0.25) is 0 Å². The van der Waals surface area contributed by atoms with Gasteiger partial charge in [0.25, 0.3) is 10.0 Å². The average Bonchev–Trinajstić information content (AvgIpc) is 2.93. The van der Waals surface area contributed by atoms with Crippen molar-refractivity contribution in [1.29, 1.82) is 0 Å². The lowest BCUT2D eigenvalue weighted by Gasteiger charge is -2.14. The normalized spacial score (nSPS) is 11.8. The van der Waals surface area contributed by atoms with Gasteiger partial charge < -0.3 is 0 Å². The number of hydrogen-bond acceptors (Lipinski definition) is 4. The molecule has 0 saturated carbocycles. The van der Waals surface area contributed by atoms with Crippen LogP contribution < -0.4 is 10.4 Å². The van der Waals surface area contributed by atoms with E-state index in [0.29, 0.717) is 21.6 Å². The van der Waals surface area contributed by atoms with E-state index in [0.717, 1.165) is 16.0 Å². The number of aromatic nitrogens is 2. The number of aryl methyl sites for hydroxylation is 4. The maximum Gasteiger partial charge on any atom is 0.328 e. The predicted octanol–water partition coefficient (Wildman–Crippen LogP) is 4.58. The molecule has 1 aromatic heterocycles. The number of hydrogen-bond donors (Lipinski definition) is 1. The van der Waals surface area contributed by atoms with E-state index in [1.807, 2.05) is 19.9 Å². The SMILES string of the molecule is Cc1cc(C)cc(S(=O)(=O)Nc2cc3c(cc2Sc2ccc(F)cc2)n(C)c(=O)n3C)c1. The number of nitrogens with one attached hydrogen (secondary N) is 1. The molecule has 0 amide bonds. The Morgan fingerprint density at radius 3 is 2.03 bits per heavy atom. The molecule has 32 heavy (non-hydrogen) atoms. The summed E-state index contributed by atoms with van der Waals surface area (Å²) in [4.78, 5) is 13.9. The van der Waals surface area contributed by atoms with Crippen molar-refractivity contribution in [2.75, 3.05) is 4.72 Å². The molecule has 0 atom stereocenters. The van der Waals surface area contributed by atoms with Gasteiger partial charge in [0.1, 0.15) is 5.82 Å². The first-order valence-electron chi connectivity index (χ1n) is 9.79. The van der Waals surface area contributed by atoms with Crippen LogP contribution in [0.2, 0.25) is 0 Å². The molecule has 0 spiro atoms. The van der Waals surface area contributed by atoms with Crippen molar-refractivity contribution in [2.24, 2.45) is 14.1 Å². The molecule has 0 aliphatic heterocycles. The van der Waals surface area contributed by atoms with Gasteiger partial charge in [0.15, 0.2) is 0 Å². The molecule has 0 saturated heterocycles. The molecule has 9 heteroatoms. The molecule has 0 radical (unpaired) electrons. The van der Waals surface area contributed by atoms with Crippen molar-refractivity contribution in [2.45, 2.75) is 28.5 Å². The van der Waals surface area contributed by atoms with Crippen LogP contribution in [0.25, 0.3) is 11.0 Å². The van der Waals surface area contributed by atoms with Crippen LogP contribution in [0.15, 0.2) is 74.1 Å². The molecule has 3 aromatic carbocycles. The summed E-state index contributed by atoms with van der Waals surface area (Å²) in [7, 11) is -0.581. The van der Waals surface area contributed by atoms with Gasteiger partial charge in [-0.3, -0.25) is 13.9 Å². The van der Waals surface area contributed by atoms with Crippen LogP contribution in [0, 0.1) is 19.7 Å². The van der Waals surface area contributed by atoms with Gasteiger partial charge >= 0.3 is 5.69 Å². The van der Waals surface area contributed by atoms with Gasteiger partial charge in [0, 0.05) is 23.9 Å². The fourth-order valence-corrected chi connectivity index (χ4v) is 5.85. The number of imidazole rings is 1. The highest BCUT2D eigenvalue weighted by atomic mass is 32.2. The maximum atomic E-state index is 13.3. The highest BCUT2D eigenvalue weighted by molar-refractivity contribution is 7.99. The van der Waals surface area contributed by atoms with E-state index in [9.17, 15) is 17.6 Å². The minimum atomic E-state index is -3.88. The molecule has 0 fully saturated rings. The zero-order valence-electron chi connectivity index (χ0n) is 18.0. The lowest BCUT2D eigenvalue weighted by molar-refractivity contribution is 0.601. The highest BCUT2D eigenvalue weighted by Crippen LogP contribution is 2.37. The van der Waals surface area contributed by atoms with Gasteiger partial charge in [-0.25, -0.2) is 17.6 Å². The van der Waals surface area contributed by atoms with E-state index >= 15 is 0 Å². The zero-order valence-corrected chi connectivity index (χ0v) is 19.6. The van der Waals surface area contributed by atoms with Gasteiger partial charge in [-0.2, -0.15) is 0 Å². The van der Waals surface area contributed by atoms with E-state index in [1.165, 1.54) is 33.0 Å². The van der Waals surface area contributed by atoms with Crippen LogP contribution in [0.4, 0.5) is 10.1 Å². The molecule has 1 N–H and O–H groups in total. The van der Waals surface area contributed by atoms with Crippen molar-refractivity contribution in [3.63, 3.8) is 0 Å². The van der Waals surface area contributed by atoms with Crippen molar-refractivity contribution in [3.05, 3.63) is 82.0 Å². The lowest BCUT2D eigenvalue weighted by atomic mass is 10.2. The van der Waals surface area contributed by atoms with Crippen molar-refractivity contribution in [1.82, 2.24) is 9.13 Å². The molecule has 0 aliphatic rings. The molecule has 166 valence electrons. The topological polar surface area (TPSA) is 73.1 Å². The molecular formula is C23H22FN3O3S2. The number of halogens is 1. The van der Waals surface area contributed by atoms with Gasteiger partial charge in [-0.1, -0.05) is 17.8 Å². The van der Waals surface area contributed by atoms with Crippen molar-refractivity contribution in [3.8, 4) is 0 Å². The standard InChI is InChI=1S/C23H22FN3O3S2/c1-14-9-15(2)11-18(10-14)32(29,30)25-19-12-20-21(27(4)23(28)26(20)3)13-22(19)31-17-7-5-16(24)6-8-17/h5-13,25H,1-4H3. The monoisotopic (exact) mass is 471 g/mol. The number of rotatable bonds is 5.